The molecule has 2 unspecified atom stereocenters. The van der Waals surface area contributed by atoms with Gasteiger partial charge in [0.15, 0.2) is 17.5 Å². The predicted molar refractivity (Wildman–Crippen MR) is 119 cm³/mol. The van der Waals surface area contributed by atoms with Crippen LogP contribution in [0.4, 0.5) is 13.2 Å². The first-order valence-electron chi connectivity index (χ1n) is 9.32. The minimum atomic E-state index is -4.20. The van der Waals surface area contributed by atoms with Crippen LogP contribution in [-0.2, 0) is 0 Å². The van der Waals surface area contributed by atoms with Crippen molar-refractivity contribution in [3.05, 3.63) is 24.3 Å². The van der Waals surface area contributed by atoms with E-state index in [0.717, 1.165) is 0 Å². The summed E-state index contributed by atoms with van der Waals surface area (Å²) in [4.78, 5) is 7.68. The van der Waals surface area contributed by atoms with Gasteiger partial charge >= 0.3 is 6.18 Å². The van der Waals surface area contributed by atoms with Crippen LogP contribution in [0.3, 0.4) is 0 Å². The van der Waals surface area contributed by atoms with Crippen LogP contribution in [0.15, 0.2) is 29.3 Å². The summed E-state index contributed by atoms with van der Waals surface area (Å²) in [6.45, 7) is 5.30. The third-order valence-corrected chi connectivity index (χ3v) is 4.79. The molecule has 1 aromatic rings. The van der Waals surface area contributed by atoms with Gasteiger partial charge in [0.25, 0.3) is 0 Å². The maximum atomic E-state index is 12.9. The van der Waals surface area contributed by atoms with Crippen molar-refractivity contribution in [2.24, 2.45) is 4.99 Å². The molecule has 1 aliphatic heterocycles. The van der Waals surface area contributed by atoms with Crippen LogP contribution < -0.4 is 14.8 Å². The molecule has 1 heterocycles. The lowest BCUT2D eigenvalue weighted by Gasteiger charge is -2.39. The van der Waals surface area contributed by atoms with E-state index in [4.69, 9.17) is 9.47 Å². The topological polar surface area (TPSA) is 49.3 Å². The van der Waals surface area contributed by atoms with E-state index in [1.54, 1.807) is 14.2 Å². The molecule has 0 amide bonds. The Kier molecular flexibility index (Phi) is 10.3. The van der Waals surface area contributed by atoms with Crippen LogP contribution in [0.25, 0.3) is 0 Å². The van der Waals surface area contributed by atoms with Crippen molar-refractivity contribution in [1.82, 2.24) is 15.1 Å². The standard InChI is InChI=1S/C19H29F3N4O2.HI/c1-14(28-17-8-6-5-7-16(17)27-4)13-24-18(23-3)26-11-9-25(10-12-26)15(2)19(20,21)22;/h5-8,14-15H,9-13H2,1-4H3,(H,23,24);1H. The summed E-state index contributed by atoms with van der Waals surface area (Å²) in [5, 5.41) is 3.24. The molecule has 1 fully saturated rings. The molecule has 0 radical (unpaired) electrons. The van der Waals surface area contributed by atoms with Crippen LogP contribution in [0.5, 0.6) is 11.5 Å². The Bertz CT molecular complexity index is 653. The van der Waals surface area contributed by atoms with Crippen LogP contribution in [0.2, 0.25) is 0 Å². The Morgan fingerprint density at radius 1 is 1.14 bits per heavy atom. The van der Waals surface area contributed by atoms with Gasteiger partial charge < -0.3 is 19.7 Å². The number of ether oxygens (including phenoxy) is 2. The molecule has 1 N–H and O–H groups in total. The zero-order chi connectivity index (χ0) is 20.7. The normalized spacial score (nSPS) is 17.9. The number of rotatable bonds is 6. The summed E-state index contributed by atoms with van der Waals surface area (Å²) in [5.74, 6) is 1.98. The van der Waals surface area contributed by atoms with Gasteiger partial charge in [0, 0.05) is 33.2 Å². The van der Waals surface area contributed by atoms with Gasteiger partial charge in [0.05, 0.1) is 13.7 Å². The molecule has 1 aromatic carbocycles. The van der Waals surface area contributed by atoms with E-state index in [0.29, 0.717) is 50.2 Å². The summed E-state index contributed by atoms with van der Waals surface area (Å²) in [6, 6.07) is 5.98. The van der Waals surface area contributed by atoms with Gasteiger partial charge in [-0.3, -0.25) is 9.89 Å². The summed E-state index contributed by atoms with van der Waals surface area (Å²) in [6.07, 6.45) is -4.35. The van der Waals surface area contributed by atoms with Crippen molar-refractivity contribution in [2.75, 3.05) is 46.9 Å². The SMILES string of the molecule is CN=C(NCC(C)Oc1ccccc1OC)N1CCN(C(C)C(F)(F)F)CC1.I. The third-order valence-electron chi connectivity index (χ3n) is 4.79. The molecule has 0 spiro atoms. The lowest BCUT2D eigenvalue weighted by atomic mass is 10.2. The van der Waals surface area contributed by atoms with Gasteiger partial charge in [-0.25, -0.2) is 0 Å². The molecule has 0 aliphatic carbocycles. The number of nitrogens with one attached hydrogen (secondary N) is 1. The lowest BCUT2D eigenvalue weighted by Crippen LogP contribution is -2.57. The monoisotopic (exact) mass is 530 g/mol. The molecule has 2 rings (SSSR count). The van der Waals surface area contributed by atoms with E-state index in [1.807, 2.05) is 36.1 Å². The fourth-order valence-corrected chi connectivity index (χ4v) is 3.07. The second-order valence-electron chi connectivity index (χ2n) is 6.75. The Hall–Kier alpha value is -1.43. The number of para-hydroxylation sites is 2. The van der Waals surface area contributed by atoms with Crippen LogP contribution >= 0.6 is 24.0 Å². The van der Waals surface area contributed by atoms with Crippen molar-refractivity contribution < 1.29 is 22.6 Å². The number of benzene rings is 1. The highest BCUT2D eigenvalue weighted by molar-refractivity contribution is 14.0. The number of alkyl halides is 3. The maximum absolute atomic E-state index is 12.9. The maximum Gasteiger partial charge on any atom is 0.403 e. The first-order valence-corrected chi connectivity index (χ1v) is 9.32. The second-order valence-corrected chi connectivity index (χ2v) is 6.75. The third kappa shape index (κ3) is 7.40. The van der Waals surface area contributed by atoms with Gasteiger partial charge in [-0.2, -0.15) is 13.2 Å². The van der Waals surface area contributed by atoms with Gasteiger partial charge in [0.2, 0.25) is 0 Å². The quantitative estimate of drug-likeness (QED) is 0.348. The number of piperazine rings is 1. The molecule has 29 heavy (non-hydrogen) atoms. The summed E-state index contributed by atoms with van der Waals surface area (Å²) < 4.78 is 49.8. The second kappa shape index (κ2) is 11.7. The van der Waals surface area contributed by atoms with E-state index < -0.39 is 12.2 Å². The molecule has 2 atom stereocenters. The highest BCUT2D eigenvalue weighted by atomic mass is 127. The minimum Gasteiger partial charge on any atom is -0.493 e. The Labute approximate surface area is 187 Å². The van der Waals surface area contributed by atoms with Crippen molar-refractivity contribution in [1.29, 1.82) is 0 Å². The molecule has 0 aromatic heterocycles. The van der Waals surface area contributed by atoms with E-state index in [-0.39, 0.29) is 30.1 Å². The van der Waals surface area contributed by atoms with E-state index in [2.05, 4.69) is 10.3 Å². The van der Waals surface area contributed by atoms with E-state index in [1.165, 1.54) is 11.8 Å². The predicted octanol–water partition coefficient (Wildman–Crippen LogP) is 3.22. The highest BCUT2D eigenvalue weighted by Gasteiger charge is 2.41. The number of hydrogen-bond acceptors (Lipinski definition) is 4. The minimum absolute atomic E-state index is 0. The van der Waals surface area contributed by atoms with Gasteiger partial charge in [-0.1, -0.05) is 12.1 Å². The van der Waals surface area contributed by atoms with Gasteiger partial charge in [-0.15, -0.1) is 24.0 Å². The number of aliphatic imine (C=N–C) groups is 1. The molecule has 6 nitrogen and oxygen atoms in total. The number of hydrogen-bond donors (Lipinski definition) is 1. The molecule has 166 valence electrons. The van der Waals surface area contributed by atoms with Crippen molar-refractivity contribution >= 4 is 29.9 Å². The average molecular weight is 530 g/mol. The highest BCUT2D eigenvalue weighted by Crippen LogP contribution is 2.27. The molecule has 10 heteroatoms. The summed E-state index contributed by atoms with van der Waals surface area (Å²) >= 11 is 0. The molecule has 1 aliphatic rings. The van der Waals surface area contributed by atoms with Gasteiger partial charge in [0.1, 0.15) is 12.1 Å². The van der Waals surface area contributed by atoms with Crippen LogP contribution in [-0.4, -0.2) is 81.0 Å². The lowest BCUT2D eigenvalue weighted by molar-refractivity contribution is -0.181. The van der Waals surface area contributed by atoms with Crippen molar-refractivity contribution in [3.8, 4) is 11.5 Å². The smallest absolute Gasteiger partial charge is 0.403 e. The Morgan fingerprint density at radius 3 is 2.24 bits per heavy atom. The van der Waals surface area contributed by atoms with E-state index >= 15 is 0 Å². The fourth-order valence-electron chi connectivity index (χ4n) is 3.07. The molecular formula is C19H30F3IN4O2. The largest absolute Gasteiger partial charge is 0.493 e. The van der Waals surface area contributed by atoms with Crippen molar-refractivity contribution in [3.63, 3.8) is 0 Å². The van der Waals surface area contributed by atoms with Crippen LogP contribution in [0.1, 0.15) is 13.8 Å². The van der Waals surface area contributed by atoms with Crippen LogP contribution in [0, 0.1) is 0 Å². The summed E-state index contributed by atoms with van der Waals surface area (Å²) in [7, 11) is 3.25. The first kappa shape index (κ1) is 25.6. The van der Waals surface area contributed by atoms with E-state index in [9.17, 15) is 13.2 Å². The Balaban J connectivity index is 0.00000420. The number of halogens is 4. The zero-order valence-corrected chi connectivity index (χ0v) is 19.5. The number of nitrogens with zero attached hydrogens (tertiary/aromatic N) is 3. The zero-order valence-electron chi connectivity index (χ0n) is 17.2. The summed E-state index contributed by atoms with van der Waals surface area (Å²) in [5.41, 5.74) is 0. The Morgan fingerprint density at radius 2 is 1.72 bits per heavy atom. The molecule has 0 saturated carbocycles. The average Bonchev–Trinajstić information content (AvgIpc) is 2.68. The van der Waals surface area contributed by atoms with Gasteiger partial charge in [-0.05, 0) is 26.0 Å². The molecular weight excluding hydrogens is 500 g/mol. The molecule has 0 bridgehead atoms. The first-order chi connectivity index (χ1) is 13.3. The molecule has 1 saturated heterocycles. The number of methoxy groups -OCH3 is 1. The number of guanidine groups is 1. The van der Waals surface area contributed by atoms with Crippen molar-refractivity contribution in [2.45, 2.75) is 32.2 Å². The fraction of sp³-hybridized carbons (Fsp3) is 0.632.